The van der Waals surface area contributed by atoms with Gasteiger partial charge in [-0.1, -0.05) is 6.92 Å². The molecule has 0 N–H and O–H groups in total. The fraction of sp³-hybridized carbons (Fsp3) is 0.542. The summed E-state index contributed by atoms with van der Waals surface area (Å²) in [6.45, 7) is 7.48. The molecule has 10 heteroatoms. The maximum absolute atomic E-state index is 12.9. The van der Waals surface area contributed by atoms with E-state index in [4.69, 9.17) is 13.9 Å². The molecule has 0 atom stereocenters. The molecule has 0 saturated carbocycles. The lowest BCUT2D eigenvalue weighted by atomic mass is 10.3. The monoisotopic (exact) mass is 474 g/mol. The highest BCUT2D eigenvalue weighted by Gasteiger charge is 2.27. The van der Waals surface area contributed by atoms with Crippen LogP contribution in [0.4, 0.5) is 4.79 Å². The van der Waals surface area contributed by atoms with E-state index in [1.807, 2.05) is 29.8 Å². The number of carbonyl (C=O) groups excluding carboxylic acids is 3. The van der Waals surface area contributed by atoms with Gasteiger partial charge in [-0.25, -0.2) is 4.79 Å². The van der Waals surface area contributed by atoms with Gasteiger partial charge in [-0.05, 0) is 37.6 Å². The average Bonchev–Trinajstić information content (AvgIpc) is 3.48. The van der Waals surface area contributed by atoms with E-state index < -0.39 is 0 Å². The largest absolute Gasteiger partial charge is 0.454 e. The van der Waals surface area contributed by atoms with E-state index >= 15 is 0 Å². The van der Waals surface area contributed by atoms with E-state index in [1.165, 1.54) is 7.11 Å². The molecular weight excluding hydrogens is 440 g/mol. The summed E-state index contributed by atoms with van der Waals surface area (Å²) in [7, 11) is 1.51. The molecule has 34 heavy (non-hydrogen) atoms. The highest BCUT2D eigenvalue weighted by molar-refractivity contribution is 5.91. The Hall–Kier alpha value is -3.27. The minimum atomic E-state index is -0.348. The average molecular weight is 475 g/mol. The van der Waals surface area contributed by atoms with Gasteiger partial charge < -0.3 is 33.2 Å². The molecule has 0 radical (unpaired) electrons. The topological polar surface area (TPSA) is 97.5 Å². The Balaban J connectivity index is 1.59. The van der Waals surface area contributed by atoms with Gasteiger partial charge in [0, 0.05) is 51.7 Å². The molecule has 1 saturated heterocycles. The van der Waals surface area contributed by atoms with E-state index in [0.717, 1.165) is 12.1 Å². The smallest absolute Gasteiger partial charge is 0.409 e. The second-order valence-corrected chi connectivity index (χ2v) is 8.12. The lowest BCUT2D eigenvalue weighted by Crippen LogP contribution is -2.50. The summed E-state index contributed by atoms with van der Waals surface area (Å²) in [6.07, 6.45) is 2.44. The second-order valence-electron chi connectivity index (χ2n) is 8.12. The van der Waals surface area contributed by atoms with Crippen molar-refractivity contribution in [3.05, 3.63) is 47.7 Å². The Kier molecular flexibility index (Phi) is 9.15. The Morgan fingerprint density at radius 1 is 1.06 bits per heavy atom. The number of amides is 3. The van der Waals surface area contributed by atoms with Gasteiger partial charge in [0.05, 0.1) is 19.7 Å². The summed E-state index contributed by atoms with van der Waals surface area (Å²) in [4.78, 5) is 42.1. The number of nitrogens with zero attached hydrogens (tertiary/aromatic N) is 4. The van der Waals surface area contributed by atoms with Gasteiger partial charge in [0.25, 0.3) is 5.91 Å². The van der Waals surface area contributed by atoms with Gasteiger partial charge in [-0.15, -0.1) is 0 Å². The number of methoxy groups -OCH3 is 1. The molecule has 3 heterocycles. The maximum atomic E-state index is 12.9. The molecule has 2 aromatic rings. The van der Waals surface area contributed by atoms with E-state index in [0.29, 0.717) is 58.2 Å². The molecule has 0 bridgehead atoms. The summed E-state index contributed by atoms with van der Waals surface area (Å²) in [5, 5.41) is 0. The van der Waals surface area contributed by atoms with E-state index in [-0.39, 0.29) is 30.3 Å². The van der Waals surface area contributed by atoms with Crippen LogP contribution >= 0.6 is 0 Å². The van der Waals surface area contributed by atoms with Crippen LogP contribution < -0.4 is 0 Å². The minimum Gasteiger partial charge on any atom is -0.454 e. The first-order chi connectivity index (χ1) is 16.5. The van der Waals surface area contributed by atoms with Crippen LogP contribution in [0.1, 0.15) is 42.3 Å². The van der Waals surface area contributed by atoms with Crippen LogP contribution in [0.2, 0.25) is 0 Å². The third-order valence-corrected chi connectivity index (χ3v) is 5.68. The third-order valence-electron chi connectivity index (χ3n) is 5.68. The molecule has 0 aromatic carbocycles. The summed E-state index contributed by atoms with van der Waals surface area (Å²) >= 11 is 0. The van der Waals surface area contributed by atoms with Crippen molar-refractivity contribution in [1.82, 2.24) is 19.3 Å². The predicted molar refractivity (Wildman–Crippen MR) is 124 cm³/mol. The Bertz CT molecular complexity index is 960. The third kappa shape index (κ3) is 6.40. The van der Waals surface area contributed by atoms with Crippen LogP contribution in [0.5, 0.6) is 0 Å². The number of aromatic nitrogens is 1. The molecule has 3 amide bonds. The number of piperazine rings is 1. The van der Waals surface area contributed by atoms with Gasteiger partial charge >= 0.3 is 6.09 Å². The van der Waals surface area contributed by atoms with E-state index in [1.54, 1.807) is 33.8 Å². The van der Waals surface area contributed by atoms with Crippen LogP contribution in [0.15, 0.2) is 34.9 Å². The first-order valence-corrected chi connectivity index (χ1v) is 11.7. The molecule has 2 aromatic heterocycles. The van der Waals surface area contributed by atoms with Crippen molar-refractivity contribution in [3.8, 4) is 0 Å². The fourth-order valence-electron chi connectivity index (χ4n) is 3.93. The summed E-state index contributed by atoms with van der Waals surface area (Å²) in [5.41, 5.74) is 0.970. The van der Waals surface area contributed by atoms with Crippen molar-refractivity contribution in [1.29, 1.82) is 0 Å². The zero-order valence-corrected chi connectivity index (χ0v) is 20.2. The van der Waals surface area contributed by atoms with Gasteiger partial charge in [-0.2, -0.15) is 0 Å². The molecule has 186 valence electrons. The highest BCUT2D eigenvalue weighted by atomic mass is 16.6. The van der Waals surface area contributed by atoms with Crippen LogP contribution in [0.25, 0.3) is 0 Å². The molecule has 1 aliphatic heterocycles. The number of carbonyl (C=O) groups is 3. The fourth-order valence-corrected chi connectivity index (χ4v) is 3.93. The number of hydrogen-bond acceptors (Lipinski definition) is 6. The van der Waals surface area contributed by atoms with Gasteiger partial charge in [0.1, 0.15) is 12.4 Å². The van der Waals surface area contributed by atoms with Gasteiger partial charge in [0.15, 0.2) is 5.76 Å². The molecule has 3 rings (SSSR count). The molecular formula is C24H34N4O6. The maximum Gasteiger partial charge on any atom is 0.409 e. The normalized spacial score (nSPS) is 13.7. The summed E-state index contributed by atoms with van der Waals surface area (Å²) < 4.78 is 17.9. The Morgan fingerprint density at radius 2 is 1.79 bits per heavy atom. The number of rotatable bonds is 10. The van der Waals surface area contributed by atoms with Crippen molar-refractivity contribution in [2.75, 3.05) is 53.0 Å². The van der Waals surface area contributed by atoms with Gasteiger partial charge in [0.2, 0.25) is 5.91 Å². The molecule has 0 spiro atoms. The van der Waals surface area contributed by atoms with Crippen molar-refractivity contribution in [2.24, 2.45) is 0 Å². The summed E-state index contributed by atoms with van der Waals surface area (Å²) in [5.74, 6) is 0.681. The quantitative estimate of drug-likeness (QED) is 0.525. The van der Waals surface area contributed by atoms with Crippen LogP contribution in [0.3, 0.4) is 0 Å². The van der Waals surface area contributed by atoms with Crippen molar-refractivity contribution in [2.45, 2.75) is 33.4 Å². The number of hydrogen-bond donors (Lipinski definition) is 0. The SMILES string of the molecule is CCCN(Cc1cccn1Cc1ccc(C(=O)N2CCN(C(=O)OCC)CC2)o1)C(=O)COC. The standard InChI is InChI=1S/C24H34N4O6/c1-4-10-28(22(29)18-32-3)16-19-7-6-11-27(19)17-20-8-9-21(34-20)23(30)25-12-14-26(15-13-25)24(31)33-5-2/h6-9,11H,4-5,10,12-18H2,1-3H3. The van der Waals surface area contributed by atoms with Crippen molar-refractivity contribution >= 4 is 17.9 Å². The van der Waals surface area contributed by atoms with Crippen LogP contribution in [0, 0.1) is 0 Å². The Morgan fingerprint density at radius 3 is 2.47 bits per heavy atom. The van der Waals surface area contributed by atoms with Crippen LogP contribution in [-0.2, 0) is 27.4 Å². The lowest BCUT2D eigenvalue weighted by molar-refractivity contribution is -0.135. The molecule has 1 aliphatic rings. The first-order valence-electron chi connectivity index (χ1n) is 11.7. The minimum absolute atomic E-state index is 0.0500. The van der Waals surface area contributed by atoms with Gasteiger partial charge in [-0.3, -0.25) is 9.59 Å². The van der Waals surface area contributed by atoms with E-state index in [9.17, 15) is 14.4 Å². The highest BCUT2D eigenvalue weighted by Crippen LogP contribution is 2.16. The molecule has 10 nitrogen and oxygen atoms in total. The Labute approximate surface area is 200 Å². The second kappa shape index (κ2) is 12.3. The first kappa shape index (κ1) is 25.4. The molecule has 0 unspecified atom stereocenters. The molecule has 0 aliphatic carbocycles. The van der Waals surface area contributed by atoms with E-state index in [2.05, 4.69) is 0 Å². The zero-order chi connectivity index (χ0) is 24.5. The van der Waals surface area contributed by atoms with Crippen molar-refractivity contribution in [3.63, 3.8) is 0 Å². The zero-order valence-electron chi connectivity index (χ0n) is 20.2. The summed E-state index contributed by atoms with van der Waals surface area (Å²) in [6, 6.07) is 7.38. The van der Waals surface area contributed by atoms with Crippen molar-refractivity contribution < 1.29 is 28.3 Å². The number of furan rings is 1. The predicted octanol–water partition coefficient (Wildman–Crippen LogP) is 2.43. The van der Waals surface area contributed by atoms with Crippen LogP contribution in [-0.4, -0.2) is 90.2 Å². The lowest BCUT2D eigenvalue weighted by Gasteiger charge is -2.33. The molecule has 1 fully saturated rings. The number of ether oxygens (including phenoxy) is 2.